The Labute approximate surface area is 716 Å². The van der Waals surface area contributed by atoms with Crippen molar-refractivity contribution in [2.45, 2.75) is 384 Å². The van der Waals surface area contributed by atoms with Gasteiger partial charge in [-0.25, -0.2) is 0 Å². The second-order valence-electron chi connectivity index (χ2n) is 32.1. The van der Waals surface area contributed by atoms with Gasteiger partial charge >= 0.3 is 0 Å². The Morgan fingerprint density at radius 1 is 0.333 bits per heavy atom. The van der Waals surface area contributed by atoms with Crippen molar-refractivity contribution in [1.29, 1.82) is 0 Å². The van der Waals surface area contributed by atoms with Crippen LogP contribution in [0.25, 0.3) is 0 Å². The maximum atomic E-state index is 5.58. The standard InChI is InChI=1S/C15H28.C15H16.C13H12.C12H10O.C12H26.C11H22.C8H10.C7H8.10C2H6/c2*1-15(2,13-9-5-3-6-10-13)14-11-7-4-8-12-14;1-3-7-12(8-4-1)11-13-9-5-2-6-10-13;1-3-7-11(8-4-1)13-12-9-5-2-6-10-12;1-7-9-12(5,6)10-11(3,4)8-2;1-9-6-10(2,3)8-11(4,5)7-9;1-7-5-3-4-6-8(7)2;1-7-5-3-2-4-6-7;10*1-2/h13-14H,3-12H2,1-2H3;3-12H,1-2H3;1-10H,11H2;1-10H;7-10H2,1-6H3;9H,6-8H2,1-5H3;3-6H,1-2H3;2-6H,1H3;10*1-2H3. The molecule has 0 spiro atoms. The molecule has 0 N–H and O–H groups in total. The van der Waals surface area contributed by atoms with Gasteiger partial charge in [0.15, 0.2) is 0 Å². The number of aryl methyl sites for hydroxylation is 3. The maximum Gasteiger partial charge on any atom is 0.127 e. The molecule has 3 aliphatic rings. The highest BCUT2D eigenvalue weighted by Crippen LogP contribution is 2.49. The minimum atomic E-state index is 0.0858. The van der Waals surface area contributed by atoms with Crippen molar-refractivity contribution in [2.24, 2.45) is 44.8 Å². The van der Waals surface area contributed by atoms with E-state index in [1.165, 1.54) is 148 Å². The summed E-state index contributed by atoms with van der Waals surface area (Å²) in [6.45, 7) is 82.1. The third kappa shape index (κ3) is 61.0. The quantitative estimate of drug-likeness (QED) is 0.112. The number of hydrogen-bond donors (Lipinski definition) is 0. The van der Waals surface area contributed by atoms with Gasteiger partial charge in [0.05, 0.1) is 0 Å². The second-order valence-corrected chi connectivity index (χ2v) is 32.1. The lowest BCUT2D eigenvalue weighted by molar-refractivity contribution is 0.0587. The minimum absolute atomic E-state index is 0.0858. The molecular formula is C113H192O. The Kier molecular flexibility index (Phi) is 82.4. The van der Waals surface area contributed by atoms with Crippen molar-refractivity contribution >= 4 is 0 Å². The van der Waals surface area contributed by atoms with Crippen LogP contribution in [0.2, 0.25) is 0 Å². The van der Waals surface area contributed by atoms with Gasteiger partial charge in [-0.1, -0.05) is 512 Å². The molecule has 0 bridgehead atoms. The van der Waals surface area contributed by atoms with Gasteiger partial charge in [0.25, 0.3) is 0 Å². The first-order chi connectivity index (χ1) is 54.7. The van der Waals surface area contributed by atoms with Crippen molar-refractivity contribution in [3.63, 3.8) is 0 Å². The fourth-order valence-corrected chi connectivity index (χ4v) is 15.2. The van der Waals surface area contributed by atoms with Gasteiger partial charge in [-0.2, -0.15) is 0 Å². The van der Waals surface area contributed by atoms with Crippen LogP contribution in [-0.4, -0.2) is 0 Å². The molecule has 0 unspecified atom stereocenters. The lowest BCUT2D eigenvalue weighted by atomic mass is 9.61. The van der Waals surface area contributed by atoms with E-state index in [1.54, 1.807) is 0 Å². The van der Waals surface area contributed by atoms with Crippen molar-refractivity contribution < 1.29 is 4.74 Å². The van der Waals surface area contributed by atoms with E-state index in [-0.39, 0.29) is 5.41 Å². The summed E-state index contributed by atoms with van der Waals surface area (Å²) >= 11 is 0. The van der Waals surface area contributed by atoms with E-state index >= 15 is 0 Å². The van der Waals surface area contributed by atoms with Crippen LogP contribution in [0, 0.1) is 65.6 Å². The molecular weight excluding hydrogens is 1370 g/mol. The highest BCUT2D eigenvalue weighted by atomic mass is 16.5. The number of benzene rings is 8. The Hall–Kier alpha value is -6.44. The summed E-state index contributed by atoms with van der Waals surface area (Å²) in [6.07, 6.45) is 25.6. The smallest absolute Gasteiger partial charge is 0.127 e. The number of hydrogen-bond acceptors (Lipinski definition) is 1. The van der Waals surface area contributed by atoms with Gasteiger partial charge < -0.3 is 4.74 Å². The first kappa shape index (κ1) is 121. The lowest BCUT2D eigenvalue weighted by Crippen LogP contribution is -2.35. The molecule has 8 aromatic rings. The van der Waals surface area contributed by atoms with Crippen LogP contribution in [0.5, 0.6) is 11.5 Å². The molecule has 3 aliphatic carbocycles. The molecule has 650 valence electrons. The predicted molar refractivity (Wildman–Crippen MR) is 529 cm³/mol. The molecule has 3 fully saturated rings. The highest BCUT2D eigenvalue weighted by molar-refractivity contribution is 5.37. The van der Waals surface area contributed by atoms with Gasteiger partial charge in [0.1, 0.15) is 11.5 Å². The topological polar surface area (TPSA) is 9.23 Å². The summed E-state index contributed by atoms with van der Waals surface area (Å²) < 4.78 is 5.58. The Morgan fingerprint density at radius 3 is 0.842 bits per heavy atom. The van der Waals surface area contributed by atoms with Gasteiger partial charge in [-0.15, -0.1) is 0 Å². The summed E-state index contributed by atoms with van der Waals surface area (Å²) in [5.74, 6) is 4.74. The van der Waals surface area contributed by atoms with Crippen LogP contribution in [0.3, 0.4) is 0 Å². The summed E-state index contributed by atoms with van der Waals surface area (Å²) in [7, 11) is 0. The normalized spacial score (nSPS) is 13.3. The molecule has 0 atom stereocenters. The zero-order valence-electron chi connectivity index (χ0n) is 82.9. The molecule has 8 aromatic carbocycles. The van der Waals surface area contributed by atoms with E-state index in [0.29, 0.717) is 27.1 Å². The van der Waals surface area contributed by atoms with Gasteiger partial charge in [0.2, 0.25) is 0 Å². The van der Waals surface area contributed by atoms with Gasteiger partial charge in [-0.05, 0) is 187 Å². The van der Waals surface area contributed by atoms with Crippen LogP contribution in [0.15, 0.2) is 237 Å². The Balaban J connectivity index is -0.000000224. The largest absolute Gasteiger partial charge is 0.457 e. The molecule has 1 nitrogen and oxygen atoms in total. The Morgan fingerprint density at radius 2 is 0.596 bits per heavy atom. The second kappa shape index (κ2) is 77.8. The zero-order valence-corrected chi connectivity index (χ0v) is 82.9. The fraction of sp³-hybridized carbons (Fsp3) is 0.575. The number of rotatable bonds is 13. The first-order valence-corrected chi connectivity index (χ1v) is 46.7. The third-order valence-corrected chi connectivity index (χ3v) is 20.1. The summed E-state index contributed by atoms with van der Waals surface area (Å²) in [6, 6.07) is 80.5. The Bertz CT molecular complexity index is 2870. The van der Waals surface area contributed by atoms with E-state index in [9.17, 15) is 0 Å². The molecule has 0 radical (unpaired) electrons. The molecule has 0 aliphatic heterocycles. The van der Waals surface area contributed by atoms with Crippen molar-refractivity contribution in [3.05, 3.63) is 276 Å². The van der Waals surface area contributed by atoms with Crippen LogP contribution in [0.1, 0.15) is 390 Å². The summed E-state index contributed by atoms with van der Waals surface area (Å²) in [5, 5.41) is 0. The van der Waals surface area contributed by atoms with E-state index in [0.717, 1.165) is 35.7 Å². The maximum absolute atomic E-state index is 5.58. The van der Waals surface area contributed by atoms with Crippen molar-refractivity contribution in [2.75, 3.05) is 0 Å². The average molecular weight is 1570 g/mol. The van der Waals surface area contributed by atoms with E-state index in [1.807, 2.05) is 217 Å². The van der Waals surface area contributed by atoms with E-state index in [2.05, 4.69) is 282 Å². The summed E-state index contributed by atoms with van der Waals surface area (Å²) in [4.78, 5) is 0. The molecule has 1 heteroatoms. The van der Waals surface area contributed by atoms with E-state index in [4.69, 9.17) is 4.74 Å². The van der Waals surface area contributed by atoms with Gasteiger partial charge in [-0.3, -0.25) is 0 Å². The SMILES string of the molecule is CC.CC.CC.CC.CC.CC.CC.CC.CC.CC.CC(C)(C1CCCCC1)C1CCCCC1.CC(C)(c1ccccc1)c1ccccc1.CC1CC(C)(C)CC(C)(C)C1.CCCC(C)(C)CC(C)(C)CC.Cc1ccccc1.Cc1ccccc1C.c1ccc(Cc2ccccc2)cc1.c1ccc(Oc2ccccc2)cc1. The zero-order chi connectivity index (χ0) is 88.9. The van der Waals surface area contributed by atoms with Crippen molar-refractivity contribution in [3.8, 4) is 11.5 Å². The van der Waals surface area contributed by atoms with Crippen molar-refractivity contribution in [1.82, 2.24) is 0 Å². The third-order valence-electron chi connectivity index (χ3n) is 20.1. The van der Waals surface area contributed by atoms with Crippen LogP contribution in [-0.2, 0) is 11.8 Å². The van der Waals surface area contributed by atoms with Gasteiger partial charge in [0, 0.05) is 5.41 Å². The number of para-hydroxylation sites is 2. The molecule has 11 rings (SSSR count). The lowest BCUT2D eigenvalue weighted by Gasteiger charge is -2.44. The van der Waals surface area contributed by atoms with Crippen LogP contribution in [0.4, 0.5) is 0 Å². The van der Waals surface area contributed by atoms with E-state index < -0.39 is 0 Å². The average Bonchev–Trinajstić information content (AvgIpc) is 0.820. The van der Waals surface area contributed by atoms with Crippen LogP contribution >= 0.6 is 0 Å². The number of ether oxygens (including phenoxy) is 1. The molecule has 3 saturated carbocycles. The minimum Gasteiger partial charge on any atom is -0.457 e. The molecule has 0 amide bonds. The molecule has 0 saturated heterocycles. The predicted octanol–water partition coefficient (Wildman–Crippen LogP) is 39.0. The van der Waals surface area contributed by atoms with Crippen LogP contribution < -0.4 is 4.74 Å². The molecule has 0 aromatic heterocycles. The molecule has 114 heavy (non-hydrogen) atoms. The monoisotopic (exact) mass is 1570 g/mol. The molecule has 0 heterocycles. The first-order valence-electron chi connectivity index (χ1n) is 46.7. The fourth-order valence-electron chi connectivity index (χ4n) is 15.2. The summed E-state index contributed by atoms with van der Waals surface area (Å²) in [5.41, 5.74) is 12.5. The highest BCUT2D eigenvalue weighted by Gasteiger charge is 2.38.